The van der Waals surface area contributed by atoms with E-state index in [0.717, 1.165) is 73.2 Å². The number of hydrogen-bond acceptors (Lipinski definition) is 4. The van der Waals surface area contributed by atoms with E-state index in [9.17, 15) is 4.79 Å². The fourth-order valence-electron chi connectivity index (χ4n) is 4.60. The molecule has 0 bridgehead atoms. The summed E-state index contributed by atoms with van der Waals surface area (Å²) in [7, 11) is 2.05. The van der Waals surface area contributed by atoms with E-state index < -0.39 is 0 Å². The van der Waals surface area contributed by atoms with Crippen molar-refractivity contribution in [3.05, 3.63) is 51.9 Å². The van der Waals surface area contributed by atoms with E-state index in [2.05, 4.69) is 23.0 Å². The van der Waals surface area contributed by atoms with Crippen molar-refractivity contribution in [2.45, 2.75) is 57.0 Å². The Hall–Kier alpha value is -2.63. The predicted molar refractivity (Wildman–Crippen MR) is 106 cm³/mol. The maximum atomic E-state index is 12.5. The van der Waals surface area contributed by atoms with Crippen LogP contribution >= 0.6 is 0 Å². The smallest absolute Gasteiger partial charge is 0.267 e. The van der Waals surface area contributed by atoms with E-state index in [4.69, 9.17) is 10.1 Å². The van der Waals surface area contributed by atoms with Gasteiger partial charge in [-0.2, -0.15) is 5.10 Å². The van der Waals surface area contributed by atoms with Gasteiger partial charge in [-0.3, -0.25) is 4.79 Å². The first-order chi connectivity index (χ1) is 13.2. The first-order valence-corrected chi connectivity index (χ1v) is 9.98. The maximum Gasteiger partial charge on any atom is 0.267 e. The number of fused-ring (bicyclic) bond motifs is 2. The molecule has 1 saturated carbocycles. The molecule has 2 aliphatic rings. The SMILES string of the molecule is Cn1c(NC2CCC(n3nc4c(cc3=O)CCC4)CC2)nc2ccccc21. The topological polar surface area (TPSA) is 64.7 Å². The highest BCUT2D eigenvalue weighted by molar-refractivity contribution is 5.78. The Kier molecular flexibility index (Phi) is 3.99. The molecule has 0 atom stereocenters. The van der Waals surface area contributed by atoms with Gasteiger partial charge in [0, 0.05) is 19.2 Å². The van der Waals surface area contributed by atoms with Crippen LogP contribution in [0.3, 0.4) is 0 Å². The molecule has 2 aliphatic carbocycles. The number of anilines is 1. The number of aromatic nitrogens is 4. The fourth-order valence-corrected chi connectivity index (χ4v) is 4.60. The largest absolute Gasteiger partial charge is 0.353 e. The second-order valence-corrected chi connectivity index (χ2v) is 7.89. The third kappa shape index (κ3) is 2.93. The van der Waals surface area contributed by atoms with Crippen LogP contribution in [-0.2, 0) is 19.9 Å². The average Bonchev–Trinajstić information content (AvgIpc) is 3.26. The summed E-state index contributed by atoms with van der Waals surface area (Å²) in [6.45, 7) is 0. The van der Waals surface area contributed by atoms with Gasteiger partial charge in [0.2, 0.25) is 5.95 Å². The number of nitrogens with one attached hydrogen (secondary N) is 1. The number of nitrogens with zero attached hydrogens (tertiary/aromatic N) is 4. The minimum Gasteiger partial charge on any atom is -0.353 e. The predicted octanol–water partition coefficient (Wildman–Crippen LogP) is 3.21. The Bertz CT molecular complexity index is 1040. The lowest BCUT2D eigenvalue weighted by Gasteiger charge is -2.30. The third-order valence-electron chi connectivity index (χ3n) is 6.15. The minimum absolute atomic E-state index is 0.0717. The first kappa shape index (κ1) is 16.5. The summed E-state index contributed by atoms with van der Waals surface area (Å²) < 4.78 is 3.88. The zero-order valence-corrected chi connectivity index (χ0v) is 15.7. The van der Waals surface area contributed by atoms with E-state index in [-0.39, 0.29) is 11.6 Å². The van der Waals surface area contributed by atoms with E-state index in [1.54, 1.807) is 4.68 Å². The lowest BCUT2D eigenvalue weighted by Crippen LogP contribution is -2.34. The third-order valence-corrected chi connectivity index (χ3v) is 6.15. The summed E-state index contributed by atoms with van der Waals surface area (Å²) >= 11 is 0. The Morgan fingerprint density at radius 3 is 2.74 bits per heavy atom. The summed E-state index contributed by atoms with van der Waals surface area (Å²) in [5, 5.41) is 8.31. The van der Waals surface area contributed by atoms with Gasteiger partial charge >= 0.3 is 0 Å². The van der Waals surface area contributed by atoms with Gasteiger partial charge in [0.15, 0.2) is 0 Å². The van der Waals surface area contributed by atoms with Gasteiger partial charge in [0.25, 0.3) is 5.56 Å². The molecule has 5 rings (SSSR count). The maximum absolute atomic E-state index is 12.5. The molecule has 1 fully saturated rings. The van der Waals surface area contributed by atoms with E-state index in [1.807, 2.05) is 24.3 Å². The second-order valence-electron chi connectivity index (χ2n) is 7.89. The number of para-hydroxylation sites is 2. The van der Waals surface area contributed by atoms with Crippen LogP contribution in [0.1, 0.15) is 49.4 Å². The number of hydrogen-bond donors (Lipinski definition) is 1. The molecule has 0 saturated heterocycles. The molecule has 2 heterocycles. The molecule has 0 spiro atoms. The molecule has 1 aromatic carbocycles. The van der Waals surface area contributed by atoms with Gasteiger partial charge in [-0.15, -0.1) is 0 Å². The van der Waals surface area contributed by atoms with Gasteiger partial charge in [-0.05, 0) is 62.6 Å². The Labute approximate surface area is 158 Å². The average molecular weight is 363 g/mol. The summed E-state index contributed by atoms with van der Waals surface area (Å²) in [5.74, 6) is 0.924. The number of rotatable bonds is 3. The van der Waals surface area contributed by atoms with Crippen molar-refractivity contribution >= 4 is 17.0 Å². The highest BCUT2D eigenvalue weighted by Crippen LogP contribution is 2.30. The molecule has 140 valence electrons. The Balaban J connectivity index is 1.29. The summed E-state index contributed by atoms with van der Waals surface area (Å²) in [5.41, 5.74) is 4.53. The molecular formula is C21H25N5O. The minimum atomic E-state index is 0.0717. The highest BCUT2D eigenvalue weighted by atomic mass is 16.1. The van der Waals surface area contributed by atoms with Crippen LogP contribution in [0.15, 0.2) is 35.1 Å². The Morgan fingerprint density at radius 1 is 1.11 bits per heavy atom. The van der Waals surface area contributed by atoms with Crippen molar-refractivity contribution in [2.75, 3.05) is 5.32 Å². The standard InChI is InChI=1S/C21H25N5O/c1-25-19-8-3-2-6-18(19)23-21(25)22-15-9-11-16(12-10-15)26-20(27)13-14-5-4-7-17(14)24-26/h2-3,6,8,13,15-16H,4-5,7,9-12H2,1H3,(H,22,23). The molecule has 6 heteroatoms. The molecule has 2 aromatic heterocycles. The number of benzene rings is 1. The molecule has 0 amide bonds. The first-order valence-electron chi connectivity index (χ1n) is 9.98. The zero-order chi connectivity index (χ0) is 18.4. The van der Waals surface area contributed by atoms with Crippen molar-refractivity contribution in [1.82, 2.24) is 19.3 Å². The lowest BCUT2D eigenvalue weighted by atomic mass is 9.91. The van der Waals surface area contributed by atoms with Crippen LogP contribution in [0.4, 0.5) is 5.95 Å². The molecule has 1 N–H and O–H groups in total. The van der Waals surface area contributed by atoms with Crippen LogP contribution in [-0.4, -0.2) is 25.4 Å². The van der Waals surface area contributed by atoms with Gasteiger partial charge < -0.3 is 9.88 Å². The highest BCUT2D eigenvalue weighted by Gasteiger charge is 2.26. The molecule has 0 unspecified atom stereocenters. The molecule has 6 nitrogen and oxygen atoms in total. The molecule has 3 aromatic rings. The molecular weight excluding hydrogens is 338 g/mol. The molecule has 0 aliphatic heterocycles. The number of imidazole rings is 1. The van der Waals surface area contributed by atoms with E-state index in [0.29, 0.717) is 6.04 Å². The van der Waals surface area contributed by atoms with E-state index >= 15 is 0 Å². The van der Waals surface area contributed by atoms with Crippen molar-refractivity contribution in [1.29, 1.82) is 0 Å². The van der Waals surface area contributed by atoms with Crippen molar-refractivity contribution in [3.8, 4) is 0 Å². The van der Waals surface area contributed by atoms with Gasteiger partial charge in [0.05, 0.1) is 22.8 Å². The van der Waals surface area contributed by atoms with Crippen molar-refractivity contribution in [2.24, 2.45) is 7.05 Å². The number of aryl methyl sites for hydroxylation is 3. The van der Waals surface area contributed by atoms with Gasteiger partial charge in [-0.1, -0.05) is 12.1 Å². The fraction of sp³-hybridized carbons (Fsp3) is 0.476. The summed E-state index contributed by atoms with van der Waals surface area (Å²) in [6.07, 6.45) is 7.16. The van der Waals surface area contributed by atoms with Crippen molar-refractivity contribution in [3.63, 3.8) is 0 Å². The normalized spacial score (nSPS) is 22.1. The summed E-state index contributed by atoms with van der Waals surface area (Å²) in [6, 6.07) is 10.6. The monoisotopic (exact) mass is 363 g/mol. The lowest BCUT2D eigenvalue weighted by molar-refractivity contribution is 0.301. The van der Waals surface area contributed by atoms with Crippen LogP contribution < -0.4 is 10.9 Å². The van der Waals surface area contributed by atoms with Crippen LogP contribution in [0.25, 0.3) is 11.0 Å². The van der Waals surface area contributed by atoms with Gasteiger partial charge in [0.1, 0.15) is 0 Å². The van der Waals surface area contributed by atoms with Crippen LogP contribution in [0.2, 0.25) is 0 Å². The molecule has 0 radical (unpaired) electrons. The van der Waals surface area contributed by atoms with Crippen LogP contribution in [0, 0.1) is 0 Å². The molecule has 27 heavy (non-hydrogen) atoms. The van der Waals surface area contributed by atoms with Crippen LogP contribution in [0.5, 0.6) is 0 Å². The Morgan fingerprint density at radius 2 is 1.93 bits per heavy atom. The zero-order valence-electron chi connectivity index (χ0n) is 15.7. The second kappa shape index (κ2) is 6.51. The summed E-state index contributed by atoms with van der Waals surface area (Å²) in [4.78, 5) is 17.2. The van der Waals surface area contributed by atoms with E-state index in [1.165, 1.54) is 0 Å². The van der Waals surface area contributed by atoms with Gasteiger partial charge in [-0.25, -0.2) is 9.67 Å². The quantitative estimate of drug-likeness (QED) is 0.776. The van der Waals surface area contributed by atoms with Crippen molar-refractivity contribution < 1.29 is 0 Å².